The number of aliphatic hydroxyl groups excluding tert-OH is 4. The van der Waals surface area contributed by atoms with Crippen LogP contribution >= 0.6 is 0 Å². The quantitative estimate of drug-likeness (QED) is 0.413. The summed E-state index contributed by atoms with van der Waals surface area (Å²) < 4.78 is 14.9. The Morgan fingerprint density at radius 3 is 2.42 bits per heavy atom. The summed E-state index contributed by atoms with van der Waals surface area (Å²) in [4.78, 5) is 11.7. The number of hydrogen-bond acceptors (Lipinski definition) is 8. The summed E-state index contributed by atoms with van der Waals surface area (Å²) in [7, 11) is 0. The van der Waals surface area contributed by atoms with E-state index in [0.29, 0.717) is 12.4 Å². The second-order valence-electron chi connectivity index (χ2n) is 5.14. The minimum Gasteiger partial charge on any atom is -0.494 e. The van der Waals surface area contributed by atoms with Gasteiger partial charge in [0.2, 0.25) is 6.29 Å². The number of ether oxygens (including phenoxy) is 3. The first kappa shape index (κ1) is 18.4. The van der Waals surface area contributed by atoms with Crippen LogP contribution in [0.3, 0.4) is 0 Å². The van der Waals surface area contributed by atoms with Crippen molar-refractivity contribution in [3.8, 4) is 5.75 Å². The van der Waals surface area contributed by atoms with Crippen LogP contribution in [0, 0.1) is 0 Å². The molecule has 2 rings (SSSR count). The molecule has 1 aromatic rings. The maximum Gasteiger partial charge on any atom is 0.333 e. The number of hydrogen-bond donors (Lipinski definition) is 4. The van der Waals surface area contributed by atoms with E-state index in [0.717, 1.165) is 11.6 Å². The first-order valence-electron chi connectivity index (χ1n) is 7.41. The van der Waals surface area contributed by atoms with Crippen molar-refractivity contribution in [2.45, 2.75) is 37.8 Å². The highest BCUT2D eigenvalue weighted by Crippen LogP contribution is 2.21. The van der Waals surface area contributed by atoms with Crippen molar-refractivity contribution in [3.63, 3.8) is 0 Å². The lowest BCUT2D eigenvalue weighted by Crippen LogP contribution is -2.58. The Balaban J connectivity index is 1.92. The summed E-state index contributed by atoms with van der Waals surface area (Å²) in [5.74, 6) is -0.138. The van der Waals surface area contributed by atoms with Crippen molar-refractivity contribution in [1.82, 2.24) is 0 Å². The van der Waals surface area contributed by atoms with E-state index in [-0.39, 0.29) is 0 Å². The fraction of sp³-hybridized carbons (Fsp3) is 0.438. The fourth-order valence-electron chi connectivity index (χ4n) is 2.09. The van der Waals surface area contributed by atoms with Gasteiger partial charge in [-0.3, -0.25) is 0 Å². The molecule has 4 N–H and O–H groups in total. The molecule has 0 amide bonds. The maximum absolute atomic E-state index is 11.7. The molecule has 1 unspecified atom stereocenters. The zero-order valence-corrected chi connectivity index (χ0v) is 13.0. The topological polar surface area (TPSA) is 126 Å². The Morgan fingerprint density at radius 1 is 1.12 bits per heavy atom. The van der Waals surface area contributed by atoms with Gasteiger partial charge in [0.15, 0.2) is 6.29 Å². The van der Waals surface area contributed by atoms with Gasteiger partial charge in [0.05, 0.1) is 6.61 Å². The van der Waals surface area contributed by atoms with Crippen molar-refractivity contribution in [2.75, 3.05) is 6.61 Å². The Bertz CT molecular complexity index is 570. The van der Waals surface area contributed by atoms with Crippen molar-refractivity contribution in [3.05, 3.63) is 35.9 Å². The predicted octanol–water partition coefficient (Wildman–Crippen LogP) is -0.601. The second kappa shape index (κ2) is 8.22. The van der Waals surface area contributed by atoms with Crippen molar-refractivity contribution < 1.29 is 39.4 Å². The van der Waals surface area contributed by atoms with Crippen LogP contribution in [0.4, 0.5) is 0 Å². The maximum atomic E-state index is 11.7. The van der Waals surface area contributed by atoms with Crippen LogP contribution in [0.5, 0.6) is 5.75 Å². The van der Waals surface area contributed by atoms with Gasteiger partial charge in [-0.1, -0.05) is 12.1 Å². The summed E-state index contributed by atoms with van der Waals surface area (Å²) in [6, 6.07) is 6.97. The molecule has 24 heavy (non-hydrogen) atoms. The molecule has 1 aliphatic heterocycles. The molecule has 0 spiro atoms. The third kappa shape index (κ3) is 4.53. The van der Waals surface area contributed by atoms with Gasteiger partial charge in [-0.05, 0) is 30.7 Å². The van der Waals surface area contributed by atoms with Crippen LogP contribution in [0.15, 0.2) is 30.3 Å². The standard InChI is InChI=1S/C16H20O8/c1-2-22-10-6-3-9(4-7-10)5-8-11(17)23-16-14(20)12(18)13(19)15(21)24-16/h3-8,12-16,18-21H,2H2,1H3/b8-5+/t12-,13-,14+,15-,16?/m1/s1. The molecule has 1 heterocycles. The number of aliphatic hydroxyl groups is 4. The molecule has 8 nitrogen and oxygen atoms in total. The third-order valence-corrected chi connectivity index (χ3v) is 3.38. The molecule has 1 fully saturated rings. The number of benzene rings is 1. The van der Waals surface area contributed by atoms with E-state index in [4.69, 9.17) is 14.2 Å². The van der Waals surface area contributed by atoms with Gasteiger partial charge in [-0.2, -0.15) is 0 Å². The molecule has 0 radical (unpaired) electrons. The number of carbonyl (C=O) groups is 1. The van der Waals surface area contributed by atoms with Gasteiger partial charge < -0.3 is 34.6 Å². The molecular weight excluding hydrogens is 320 g/mol. The van der Waals surface area contributed by atoms with Crippen LogP contribution in [-0.4, -0.2) is 63.9 Å². The Kier molecular flexibility index (Phi) is 6.29. The SMILES string of the molecule is CCOc1ccc(/C=C/C(=O)OC2O[C@@H](O)[C@H](O)[C@@H](O)[C@@H]2O)cc1. The van der Waals surface area contributed by atoms with E-state index in [9.17, 15) is 25.2 Å². The number of carbonyl (C=O) groups excluding carboxylic acids is 1. The molecule has 1 saturated heterocycles. The molecule has 5 atom stereocenters. The van der Waals surface area contributed by atoms with Gasteiger partial charge in [0.1, 0.15) is 24.1 Å². The van der Waals surface area contributed by atoms with Crippen LogP contribution in [0.25, 0.3) is 6.08 Å². The summed E-state index contributed by atoms with van der Waals surface area (Å²) >= 11 is 0. The van der Waals surface area contributed by atoms with Crippen molar-refractivity contribution >= 4 is 12.0 Å². The minimum absolute atomic E-state index is 0.553. The highest BCUT2D eigenvalue weighted by Gasteiger charge is 2.44. The molecule has 0 aromatic heterocycles. The van der Waals surface area contributed by atoms with E-state index in [1.807, 2.05) is 6.92 Å². The van der Waals surface area contributed by atoms with E-state index in [1.54, 1.807) is 24.3 Å². The van der Waals surface area contributed by atoms with E-state index >= 15 is 0 Å². The lowest BCUT2D eigenvalue weighted by atomic mass is 10.0. The molecule has 8 heteroatoms. The Labute approximate surface area is 138 Å². The molecule has 1 aliphatic rings. The normalized spacial score (nSPS) is 30.3. The van der Waals surface area contributed by atoms with Gasteiger partial charge in [0.25, 0.3) is 0 Å². The smallest absolute Gasteiger partial charge is 0.333 e. The first-order valence-corrected chi connectivity index (χ1v) is 7.41. The van der Waals surface area contributed by atoms with Gasteiger partial charge in [-0.15, -0.1) is 0 Å². The first-order chi connectivity index (χ1) is 11.4. The number of rotatable bonds is 5. The average Bonchev–Trinajstić information content (AvgIpc) is 2.57. The molecule has 132 valence electrons. The molecule has 0 bridgehead atoms. The minimum atomic E-state index is -1.77. The van der Waals surface area contributed by atoms with E-state index < -0.39 is 36.9 Å². The van der Waals surface area contributed by atoms with Gasteiger partial charge >= 0.3 is 5.97 Å². The summed E-state index contributed by atoms with van der Waals surface area (Å²) in [6.07, 6.45) is -5.82. The van der Waals surface area contributed by atoms with Crippen molar-refractivity contribution in [1.29, 1.82) is 0 Å². The predicted molar refractivity (Wildman–Crippen MR) is 81.6 cm³/mol. The zero-order chi connectivity index (χ0) is 17.7. The average molecular weight is 340 g/mol. The molecular formula is C16H20O8. The van der Waals surface area contributed by atoms with E-state index in [2.05, 4.69) is 0 Å². The van der Waals surface area contributed by atoms with E-state index in [1.165, 1.54) is 6.08 Å². The highest BCUT2D eigenvalue weighted by molar-refractivity contribution is 5.87. The summed E-state index contributed by atoms with van der Waals surface area (Å²) in [5.41, 5.74) is 0.719. The Morgan fingerprint density at radius 2 is 1.79 bits per heavy atom. The lowest BCUT2D eigenvalue weighted by Gasteiger charge is -2.37. The largest absolute Gasteiger partial charge is 0.494 e. The highest BCUT2D eigenvalue weighted by atomic mass is 16.8. The third-order valence-electron chi connectivity index (χ3n) is 3.38. The van der Waals surface area contributed by atoms with Gasteiger partial charge in [-0.25, -0.2) is 4.79 Å². The van der Waals surface area contributed by atoms with Crippen LogP contribution in [0.2, 0.25) is 0 Å². The fourth-order valence-corrected chi connectivity index (χ4v) is 2.09. The zero-order valence-electron chi connectivity index (χ0n) is 13.0. The van der Waals surface area contributed by atoms with Crippen LogP contribution in [-0.2, 0) is 14.3 Å². The summed E-state index contributed by atoms with van der Waals surface area (Å²) in [5, 5.41) is 37.9. The monoisotopic (exact) mass is 340 g/mol. The molecule has 0 saturated carbocycles. The van der Waals surface area contributed by atoms with Crippen LogP contribution in [0.1, 0.15) is 12.5 Å². The molecule has 1 aromatic carbocycles. The lowest BCUT2D eigenvalue weighted by molar-refractivity contribution is -0.330. The Hall–Kier alpha value is -1.97. The van der Waals surface area contributed by atoms with Crippen LogP contribution < -0.4 is 4.74 Å². The molecule has 0 aliphatic carbocycles. The summed E-state index contributed by atoms with van der Waals surface area (Å²) in [6.45, 7) is 2.43. The second-order valence-corrected chi connectivity index (χ2v) is 5.14. The van der Waals surface area contributed by atoms with Gasteiger partial charge in [0, 0.05) is 6.08 Å². The number of esters is 1. The van der Waals surface area contributed by atoms with Crippen molar-refractivity contribution in [2.24, 2.45) is 0 Å².